The summed E-state index contributed by atoms with van der Waals surface area (Å²) in [6.07, 6.45) is 1.86. The number of amides is 1. The number of carbonyl (C=O) groups is 2. The van der Waals surface area contributed by atoms with E-state index in [-0.39, 0.29) is 17.4 Å². The molecule has 0 spiro atoms. The first kappa shape index (κ1) is 24.8. The molecule has 1 aromatic heterocycles. The van der Waals surface area contributed by atoms with Gasteiger partial charge in [-0.25, -0.2) is 9.48 Å². The molecule has 1 amide bonds. The van der Waals surface area contributed by atoms with E-state index >= 15 is 0 Å². The Bertz CT molecular complexity index is 1500. The number of benzene rings is 3. The molecule has 1 heterocycles. The fraction of sp³-hybridized carbons (Fsp3) is 0.200. The molecule has 0 radical (unpaired) electrons. The molecule has 3 aromatic carbocycles. The molecule has 1 aliphatic rings. The quantitative estimate of drug-likeness (QED) is 0.312. The summed E-state index contributed by atoms with van der Waals surface area (Å²) in [5.41, 5.74) is 4.18. The molecule has 4 aromatic rings. The van der Waals surface area contributed by atoms with Crippen LogP contribution in [0.5, 0.6) is 0 Å². The van der Waals surface area contributed by atoms with Crippen LogP contribution in [0.25, 0.3) is 16.8 Å². The SMILES string of the molecule is COC(=O)C1(c2ccc(-c3ccc(-n4ncc(C#N)c4NC(=O)OC(C)c4ccccc4)cc3)cc2)CC1. The van der Waals surface area contributed by atoms with Gasteiger partial charge in [-0.05, 0) is 54.2 Å². The minimum absolute atomic E-state index is 0.187. The molecule has 8 heteroatoms. The Morgan fingerprint density at radius 3 is 2.21 bits per heavy atom. The molecule has 0 bridgehead atoms. The number of aromatic nitrogens is 2. The third-order valence-corrected chi connectivity index (χ3v) is 6.87. The van der Waals surface area contributed by atoms with E-state index in [1.54, 1.807) is 6.92 Å². The Balaban J connectivity index is 1.32. The Hall–Kier alpha value is -4.90. The minimum Gasteiger partial charge on any atom is -0.468 e. The molecule has 5 rings (SSSR count). The van der Waals surface area contributed by atoms with Crippen molar-refractivity contribution >= 4 is 17.9 Å². The first-order chi connectivity index (χ1) is 18.4. The summed E-state index contributed by atoms with van der Waals surface area (Å²) in [6, 6.07) is 27.0. The molecular formula is C30H26N4O4. The summed E-state index contributed by atoms with van der Waals surface area (Å²) in [5.74, 6) is 0.0424. The van der Waals surface area contributed by atoms with Crippen molar-refractivity contribution in [3.63, 3.8) is 0 Å². The normalized spacial score (nSPS) is 14.1. The summed E-state index contributed by atoms with van der Waals surface area (Å²) < 4.78 is 12.0. The smallest absolute Gasteiger partial charge is 0.413 e. The van der Waals surface area contributed by atoms with Gasteiger partial charge in [0.2, 0.25) is 0 Å². The fourth-order valence-electron chi connectivity index (χ4n) is 4.53. The van der Waals surface area contributed by atoms with E-state index in [0.29, 0.717) is 5.69 Å². The number of hydrogen-bond acceptors (Lipinski definition) is 6. The van der Waals surface area contributed by atoms with Gasteiger partial charge in [-0.15, -0.1) is 0 Å². The lowest BCUT2D eigenvalue weighted by molar-refractivity contribution is -0.143. The molecule has 1 atom stereocenters. The zero-order chi connectivity index (χ0) is 26.7. The third-order valence-electron chi connectivity index (χ3n) is 6.87. The van der Waals surface area contributed by atoms with Crippen molar-refractivity contribution in [2.75, 3.05) is 12.4 Å². The van der Waals surface area contributed by atoms with Crippen molar-refractivity contribution in [1.82, 2.24) is 9.78 Å². The number of carbonyl (C=O) groups excluding carboxylic acids is 2. The summed E-state index contributed by atoms with van der Waals surface area (Å²) in [7, 11) is 1.42. The van der Waals surface area contributed by atoms with Gasteiger partial charge in [-0.3, -0.25) is 10.1 Å². The van der Waals surface area contributed by atoms with Gasteiger partial charge < -0.3 is 9.47 Å². The lowest BCUT2D eigenvalue weighted by Gasteiger charge is -2.15. The molecule has 190 valence electrons. The van der Waals surface area contributed by atoms with Gasteiger partial charge in [-0.2, -0.15) is 10.4 Å². The largest absolute Gasteiger partial charge is 0.468 e. The number of esters is 1. The van der Waals surface area contributed by atoms with Crippen LogP contribution in [0.15, 0.2) is 85.1 Å². The van der Waals surface area contributed by atoms with Crippen LogP contribution in [-0.4, -0.2) is 29.0 Å². The minimum atomic E-state index is -0.684. The number of hydrogen-bond donors (Lipinski definition) is 1. The van der Waals surface area contributed by atoms with Gasteiger partial charge in [0, 0.05) is 0 Å². The van der Waals surface area contributed by atoms with E-state index in [4.69, 9.17) is 9.47 Å². The van der Waals surface area contributed by atoms with E-state index in [0.717, 1.165) is 35.1 Å². The van der Waals surface area contributed by atoms with Crippen LogP contribution in [0.2, 0.25) is 0 Å². The average Bonchev–Trinajstić information content (AvgIpc) is 3.68. The predicted molar refractivity (Wildman–Crippen MR) is 142 cm³/mol. The number of rotatable bonds is 7. The molecule has 0 saturated heterocycles. The lowest BCUT2D eigenvalue weighted by atomic mass is 9.94. The number of methoxy groups -OCH3 is 1. The van der Waals surface area contributed by atoms with Gasteiger partial charge in [0.25, 0.3) is 0 Å². The Morgan fingerprint density at radius 1 is 1.00 bits per heavy atom. The molecule has 1 aliphatic carbocycles. The van der Waals surface area contributed by atoms with E-state index in [2.05, 4.69) is 16.5 Å². The Kier molecular flexibility index (Phi) is 6.67. The summed E-state index contributed by atoms with van der Waals surface area (Å²) in [4.78, 5) is 24.8. The number of anilines is 1. The second kappa shape index (κ2) is 10.2. The highest BCUT2D eigenvalue weighted by Crippen LogP contribution is 2.49. The number of nitriles is 1. The first-order valence-corrected chi connectivity index (χ1v) is 12.3. The highest BCUT2D eigenvalue weighted by molar-refractivity contribution is 5.87. The van der Waals surface area contributed by atoms with Crippen molar-refractivity contribution in [1.29, 1.82) is 5.26 Å². The molecule has 0 aliphatic heterocycles. The monoisotopic (exact) mass is 506 g/mol. The van der Waals surface area contributed by atoms with E-state index in [1.807, 2.05) is 78.9 Å². The standard InChI is InChI=1S/C30H26N4O4/c1-20(21-6-4-3-5-7-21)38-29(36)33-27-24(18-31)19-32-34(27)26-14-10-23(11-15-26)22-8-12-25(13-9-22)30(16-17-30)28(35)37-2/h3-15,19-20H,16-17H2,1-2H3,(H,33,36). The van der Waals surface area contributed by atoms with Crippen LogP contribution in [0.3, 0.4) is 0 Å². The maximum Gasteiger partial charge on any atom is 0.413 e. The second-order valence-electron chi connectivity index (χ2n) is 9.21. The maximum atomic E-state index is 12.6. The molecule has 1 N–H and O–H groups in total. The summed E-state index contributed by atoms with van der Waals surface area (Å²) >= 11 is 0. The maximum absolute atomic E-state index is 12.6. The third kappa shape index (κ3) is 4.74. The summed E-state index contributed by atoms with van der Waals surface area (Å²) in [6.45, 7) is 1.78. The molecule has 1 saturated carbocycles. The van der Waals surface area contributed by atoms with Gasteiger partial charge >= 0.3 is 12.1 Å². The Labute approximate surface area is 220 Å². The highest BCUT2D eigenvalue weighted by Gasteiger charge is 2.52. The van der Waals surface area contributed by atoms with Crippen LogP contribution < -0.4 is 5.32 Å². The van der Waals surface area contributed by atoms with Crippen molar-refractivity contribution in [2.45, 2.75) is 31.3 Å². The highest BCUT2D eigenvalue weighted by atomic mass is 16.6. The Morgan fingerprint density at radius 2 is 1.63 bits per heavy atom. The van der Waals surface area contributed by atoms with Crippen molar-refractivity contribution in [2.24, 2.45) is 0 Å². The van der Waals surface area contributed by atoms with Gasteiger partial charge in [-0.1, -0.05) is 66.7 Å². The molecule has 38 heavy (non-hydrogen) atoms. The summed E-state index contributed by atoms with van der Waals surface area (Å²) in [5, 5.41) is 16.5. The van der Waals surface area contributed by atoms with Crippen LogP contribution >= 0.6 is 0 Å². The van der Waals surface area contributed by atoms with E-state index in [9.17, 15) is 14.9 Å². The topological polar surface area (TPSA) is 106 Å². The molecule has 1 fully saturated rings. The predicted octanol–water partition coefficient (Wildman–Crippen LogP) is 5.93. The van der Waals surface area contributed by atoms with Gasteiger partial charge in [0.1, 0.15) is 17.7 Å². The number of nitrogens with one attached hydrogen (secondary N) is 1. The molecule has 1 unspecified atom stereocenters. The second-order valence-corrected chi connectivity index (χ2v) is 9.21. The average molecular weight is 507 g/mol. The van der Waals surface area contributed by atoms with Gasteiger partial charge in [0.05, 0.1) is 24.4 Å². The van der Waals surface area contributed by atoms with Crippen molar-refractivity contribution < 1.29 is 19.1 Å². The van der Waals surface area contributed by atoms with Crippen LogP contribution in [0.1, 0.15) is 42.6 Å². The lowest BCUT2D eigenvalue weighted by Crippen LogP contribution is -2.21. The zero-order valence-corrected chi connectivity index (χ0v) is 21.0. The van der Waals surface area contributed by atoms with Crippen LogP contribution in [0.4, 0.5) is 10.6 Å². The van der Waals surface area contributed by atoms with Crippen molar-refractivity contribution in [3.8, 4) is 22.9 Å². The number of ether oxygens (including phenoxy) is 2. The van der Waals surface area contributed by atoms with Crippen LogP contribution in [-0.2, 0) is 19.7 Å². The zero-order valence-electron chi connectivity index (χ0n) is 21.0. The van der Waals surface area contributed by atoms with Gasteiger partial charge in [0.15, 0.2) is 5.82 Å². The molecular weight excluding hydrogens is 480 g/mol. The fourth-order valence-corrected chi connectivity index (χ4v) is 4.53. The van der Waals surface area contributed by atoms with E-state index in [1.165, 1.54) is 18.0 Å². The first-order valence-electron chi connectivity index (χ1n) is 12.3. The van der Waals surface area contributed by atoms with Crippen LogP contribution in [0, 0.1) is 11.3 Å². The van der Waals surface area contributed by atoms with E-state index < -0.39 is 17.6 Å². The molecule has 8 nitrogen and oxygen atoms in total. The number of nitrogens with zero attached hydrogens (tertiary/aromatic N) is 3. The van der Waals surface area contributed by atoms with Crippen molar-refractivity contribution in [3.05, 3.63) is 102 Å².